The number of halogens is 2. The highest BCUT2D eigenvalue weighted by atomic mass is 35.5. The average molecular weight is 452 g/mol. The predicted octanol–water partition coefficient (Wildman–Crippen LogP) is 3.32. The number of amides is 2. The van der Waals surface area contributed by atoms with Crippen LogP contribution in [0.5, 0.6) is 0 Å². The van der Waals surface area contributed by atoms with Gasteiger partial charge in [-0.15, -0.1) is 0 Å². The Bertz CT molecular complexity index is 947. The largest absolute Gasteiger partial charge is 0.381 e. The molecule has 2 aliphatic heterocycles. The molecule has 2 aliphatic rings. The topological polar surface area (TPSA) is 75.9 Å². The third kappa shape index (κ3) is 3.94. The number of rotatable bonds is 3. The smallest absolute Gasteiger partial charge is 0.292 e. The lowest BCUT2D eigenvalue weighted by molar-refractivity contribution is -0.142. The molecule has 3 heterocycles. The van der Waals surface area contributed by atoms with E-state index in [1.54, 1.807) is 30.0 Å². The lowest BCUT2D eigenvalue weighted by atomic mass is 9.72. The zero-order chi connectivity index (χ0) is 21.3. The number of carbonyl (C=O) groups excluding carboxylic acids is 2. The molecular weight excluding hydrogens is 429 g/mol. The molecule has 0 N–H and O–H groups in total. The first-order valence-corrected chi connectivity index (χ1v) is 10.7. The molecule has 30 heavy (non-hydrogen) atoms. The molecule has 160 valence electrons. The molecule has 0 saturated carbocycles. The second kappa shape index (κ2) is 8.57. The quantitative estimate of drug-likeness (QED) is 0.715. The maximum atomic E-state index is 13.7. The monoisotopic (exact) mass is 451 g/mol. The Morgan fingerprint density at radius 2 is 1.70 bits per heavy atom. The third-order valence-corrected chi connectivity index (χ3v) is 6.44. The van der Waals surface area contributed by atoms with Gasteiger partial charge in [0.05, 0.1) is 11.1 Å². The normalized spacial score (nSPS) is 19.0. The summed E-state index contributed by atoms with van der Waals surface area (Å²) in [5, 5.41) is 4.80. The Labute approximate surface area is 184 Å². The van der Waals surface area contributed by atoms with E-state index in [9.17, 15) is 9.59 Å². The fraction of sp³-hybridized carbons (Fsp3) is 0.476. The molecule has 0 aliphatic carbocycles. The van der Waals surface area contributed by atoms with E-state index < -0.39 is 5.41 Å². The van der Waals surface area contributed by atoms with Gasteiger partial charge in [-0.1, -0.05) is 34.4 Å². The number of benzene rings is 1. The first-order valence-electron chi connectivity index (χ1n) is 9.96. The van der Waals surface area contributed by atoms with Crippen LogP contribution in [0.1, 0.15) is 34.7 Å². The van der Waals surface area contributed by atoms with Crippen LogP contribution in [0.15, 0.2) is 28.8 Å². The molecule has 2 saturated heterocycles. The number of carbonyl (C=O) groups is 2. The van der Waals surface area contributed by atoms with E-state index in [0.717, 1.165) is 5.56 Å². The van der Waals surface area contributed by atoms with Gasteiger partial charge < -0.3 is 19.1 Å². The van der Waals surface area contributed by atoms with Crippen LogP contribution in [-0.4, -0.2) is 66.2 Å². The molecule has 0 atom stereocenters. The summed E-state index contributed by atoms with van der Waals surface area (Å²) in [5.74, 6) is 0.0444. The summed E-state index contributed by atoms with van der Waals surface area (Å²) in [6.07, 6.45) is 1.12. The molecule has 0 radical (unpaired) electrons. The van der Waals surface area contributed by atoms with Crippen LogP contribution in [-0.2, 0) is 14.9 Å². The van der Waals surface area contributed by atoms with Crippen molar-refractivity contribution >= 4 is 35.0 Å². The SMILES string of the molecule is Cc1cc(C(=O)N2CCN(C(=O)C3(c4ccc(Cl)cc4Cl)CCOCC3)CC2)on1. The van der Waals surface area contributed by atoms with Crippen LogP contribution in [0, 0.1) is 6.92 Å². The standard InChI is InChI=1S/C21H23Cl2N3O4/c1-14-12-18(30-24-14)19(27)25-6-8-26(9-7-25)20(28)21(4-10-29-11-5-21)16-3-2-15(22)13-17(16)23/h2-3,12-13H,4-11H2,1H3. The average Bonchev–Trinajstić information content (AvgIpc) is 3.19. The molecule has 2 amide bonds. The summed E-state index contributed by atoms with van der Waals surface area (Å²) in [7, 11) is 0. The summed E-state index contributed by atoms with van der Waals surface area (Å²) < 4.78 is 10.6. The van der Waals surface area contributed by atoms with Crippen molar-refractivity contribution in [1.82, 2.24) is 15.0 Å². The summed E-state index contributed by atoms with van der Waals surface area (Å²) in [4.78, 5) is 29.8. The molecule has 0 unspecified atom stereocenters. The van der Waals surface area contributed by atoms with E-state index >= 15 is 0 Å². The van der Waals surface area contributed by atoms with Gasteiger partial charge in [0.1, 0.15) is 0 Å². The first-order chi connectivity index (χ1) is 14.4. The molecule has 0 spiro atoms. The van der Waals surface area contributed by atoms with Gasteiger partial charge in [-0.2, -0.15) is 0 Å². The van der Waals surface area contributed by atoms with Crippen LogP contribution in [0.25, 0.3) is 0 Å². The maximum absolute atomic E-state index is 13.7. The van der Waals surface area contributed by atoms with Gasteiger partial charge in [0.15, 0.2) is 0 Å². The van der Waals surface area contributed by atoms with E-state index in [-0.39, 0.29) is 17.6 Å². The number of nitrogens with zero attached hydrogens (tertiary/aromatic N) is 3. The summed E-state index contributed by atoms with van der Waals surface area (Å²) in [6.45, 7) is 4.53. The van der Waals surface area contributed by atoms with Gasteiger partial charge in [-0.05, 0) is 37.5 Å². The predicted molar refractivity (Wildman–Crippen MR) is 112 cm³/mol. The van der Waals surface area contributed by atoms with Gasteiger partial charge in [-0.3, -0.25) is 9.59 Å². The molecule has 9 heteroatoms. The molecule has 4 rings (SSSR count). The minimum absolute atomic E-state index is 0.0256. The third-order valence-electron chi connectivity index (χ3n) is 5.90. The van der Waals surface area contributed by atoms with Crippen LogP contribution in [0.2, 0.25) is 10.0 Å². The van der Waals surface area contributed by atoms with Crippen molar-refractivity contribution in [2.75, 3.05) is 39.4 Å². The van der Waals surface area contributed by atoms with Crippen molar-refractivity contribution in [3.63, 3.8) is 0 Å². The second-order valence-corrected chi connectivity index (χ2v) is 8.58. The Morgan fingerprint density at radius 1 is 1.03 bits per heavy atom. The molecule has 0 bridgehead atoms. The van der Waals surface area contributed by atoms with Gasteiger partial charge in [-0.25, -0.2) is 0 Å². The maximum Gasteiger partial charge on any atom is 0.292 e. The number of aryl methyl sites for hydroxylation is 1. The van der Waals surface area contributed by atoms with Crippen molar-refractivity contribution in [2.24, 2.45) is 0 Å². The van der Waals surface area contributed by atoms with E-state index in [2.05, 4.69) is 5.16 Å². The number of hydrogen-bond acceptors (Lipinski definition) is 5. The van der Waals surface area contributed by atoms with E-state index in [0.29, 0.717) is 68.0 Å². The second-order valence-electron chi connectivity index (χ2n) is 7.74. The van der Waals surface area contributed by atoms with Crippen molar-refractivity contribution in [2.45, 2.75) is 25.2 Å². The fourth-order valence-corrected chi connectivity index (χ4v) is 4.82. The number of ether oxygens (including phenoxy) is 1. The number of hydrogen-bond donors (Lipinski definition) is 0. The molecule has 1 aromatic heterocycles. The van der Waals surface area contributed by atoms with Crippen LogP contribution in [0.3, 0.4) is 0 Å². The van der Waals surface area contributed by atoms with Gasteiger partial charge in [0, 0.05) is 55.5 Å². The lowest BCUT2D eigenvalue weighted by Gasteiger charge is -2.43. The highest BCUT2D eigenvalue weighted by Gasteiger charge is 2.46. The van der Waals surface area contributed by atoms with E-state index in [4.69, 9.17) is 32.5 Å². The first kappa shape index (κ1) is 21.2. The fourth-order valence-electron chi connectivity index (χ4n) is 4.23. The Hall–Kier alpha value is -2.09. The summed E-state index contributed by atoms with van der Waals surface area (Å²) in [6, 6.07) is 6.92. The summed E-state index contributed by atoms with van der Waals surface area (Å²) >= 11 is 12.6. The molecule has 2 fully saturated rings. The van der Waals surface area contributed by atoms with Crippen LogP contribution in [0.4, 0.5) is 0 Å². The van der Waals surface area contributed by atoms with Gasteiger partial charge >= 0.3 is 0 Å². The van der Waals surface area contributed by atoms with Crippen molar-refractivity contribution in [3.8, 4) is 0 Å². The van der Waals surface area contributed by atoms with Crippen LogP contribution >= 0.6 is 23.2 Å². The van der Waals surface area contributed by atoms with Crippen molar-refractivity contribution in [3.05, 3.63) is 51.3 Å². The van der Waals surface area contributed by atoms with E-state index in [1.165, 1.54) is 0 Å². The molecule has 1 aromatic carbocycles. The lowest BCUT2D eigenvalue weighted by Crippen LogP contribution is -2.56. The number of piperazine rings is 1. The highest BCUT2D eigenvalue weighted by molar-refractivity contribution is 6.35. The Balaban J connectivity index is 1.51. The minimum Gasteiger partial charge on any atom is -0.381 e. The van der Waals surface area contributed by atoms with Crippen molar-refractivity contribution in [1.29, 1.82) is 0 Å². The van der Waals surface area contributed by atoms with Crippen LogP contribution < -0.4 is 0 Å². The highest BCUT2D eigenvalue weighted by Crippen LogP contribution is 2.41. The molecule has 7 nitrogen and oxygen atoms in total. The zero-order valence-corrected chi connectivity index (χ0v) is 18.2. The zero-order valence-electron chi connectivity index (χ0n) is 16.7. The molecule has 2 aromatic rings. The van der Waals surface area contributed by atoms with Crippen molar-refractivity contribution < 1.29 is 18.8 Å². The molecular formula is C21H23Cl2N3O4. The number of aromatic nitrogens is 1. The van der Waals surface area contributed by atoms with Gasteiger partial charge in [0.25, 0.3) is 5.91 Å². The summed E-state index contributed by atoms with van der Waals surface area (Å²) in [5.41, 5.74) is 0.708. The van der Waals surface area contributed by atoms with E-state index in [1.807, 2.05) is 11.0 Å². The minimum atomic E-state index is -0.742. The Morgan fingerprint density at radius 3 is 2.30 bits per heavy atom. The Kier molecular flexibility index (Phi) is 6.04. The van der Waals surface area contributed by atoms with Gasteiger partial charge in [0.2, 0.25) is 11.7 Å².